The molecule has 1 aliphatic carbocycles. The number of anilines is 1. The Balaban J connectivity index is 0.00000144. The van der Waals surface area contributed by atoms with E-state index in [9.17, 15) is 5.11 Å². The molecule has 0 saturated heterocycles. The third kappa shape index (κ3) is 5.27. The molecule has 2 aromatic rings. The minimum Gasteiger partial charge on any atom is -0.399 e. The highest BCUT2D eigenvalue weighted by atomic mass is 35.5. The minimum atomic E-state index is -0.541. The zero-order chi connectivity index (χ0) is 15.5. The third-order valence-electron chi connectivity index (χ3n) is 4.29. The van der Waals surface area contributed by atoms with Gasteiger partial charge in [0, 0.05) is 23.3 Å². The van der Waals surface area contributed by atoms with Gasteiger partial charge >= 0.3 is 0 Å². The van der Waals surface area contributed by atoms with Crippen molar-refractivity contribution < 1.29 is 5.11 Å². The Morgan fingerprint density at radius 1 is 1.17 bits per heavy atom. The molecule has 0 amide bonds. The maximum Gasteiger partial charge on any atom is 0.0914 e. The van der Waals surface area contributed by atoms with E-state index in [0.29, 0.717) is 17.6 Å². The van der Waals surface area contributed by atoms with Crippen LogP contribution in [0.15, 0.2) is 42.5 Å². The van der Waals surface area contributed by atoms with Crippen LogP contribution in [0.1, 0.15) is 29.2 Å². The third-order valence-corrected chi connectivity index (χ3v) is 4.53. The number of aliphatic hydroxyl groups excluding tert-OH is 1. The number of halogens is 3. The highest BCUT2D eigenvalue weighted by Gasteiger charge is 2.19. The van der Waals surface area contributed by atoms with Crippen molar-refractivity contribution in [3.05, 3.63) is 64.2 Å². The molecule has 24 heavy (non-hydrogen) atoms. The second kappa shape index (κ2) is 9.50. The first-order valence-electron chi connectivity index (χ1n) is 7.66. The molecule has 0 fully saturated rings. The summed E-state index contributed by atoms with van der Waals surface area (Å²) in [6, 6.07) is 13.9. The largest absolute Gasteiger partial charge is 0.399 e. The second-order valence-corrected chi connectivity index (χ2v) is 6.38. The molecule has 6 heteroatoms. The molecule has 0 saturated carbocycles. The molecule has 0 unspecified atom stereocenters. The van der Waals surface area contributed by atoms with Gasteiger partial charge in [0.1, 0.15) is 0 Å². The molecule has 3 nitrogen and oxygen atoms in total. The van der Waals surface area contributed by atoms with E-state index >= 15 is 0 Å². The summed E-state index contributed by atoms with van der Waals surface area (Å²) in [6.45, 7) is 0.530. The van der Waals surface area contributed by atoms with Crippen LogP contribution in [-0.2, 0) is 12.8 Å². The first-order chi connectivity index (χ1) is 10.6. The Morgan fingerprint density at radius 3 is 2.71 bits per heavy atom. The highest BCUT2D eigenvalue weighted by Crippen LogP contribution is 2.24. The predicted octanol–water partition coefficient (Wildman–Crippen LogP) is 3.95. The van der Waals surface area contributed by atoms with Crippen molar-refractivity contribution in [2.45, 2.75) is 31.4 Å². The molecule has 0 radical (unpaired) electrons. The van der Waals surface area contributed by atoms with Gasteiger partial charge in [-0.25, -0.2) is 0 Å². The number of benzene rings is 2. The van der Waals surface area contributed by atoms with E-state index in [-0.39, 0.29) is 24.8 Å². The molecular weight excluding hydrogens is 367 g/mol. The summed E-state index contributed by atoms with van der Waals surface area (Å²) in [6.07, 6.45) is 2.56. The van der Waals surface area contributed by atoms with E-state index in [2.05, 4.69) is 17.4 Å². The lowest BCUT2D eigenvalue weighted by Gasteiger charge is -2.27. The molecule has 132 valence electrons. The van der Waals surface area contributed by atoms with Crippen molar-refractivity contribution in [1.29, 1.82) is 0 Å². The van der Waals surface area contributed by atoms with E-state index in [1.807, 2.05) is 30.3 Å². The number of aliphatic hydroxyl groups is 1. The Kier molecular flexibility index (Phi) is 8.34. The van der Waals surface area contributed by atoms with Gasteiger partial charge in [0.15, 0.2) is 0 Å². The number of hydrogen-bond acceptors (Lipinski definition) is 3. The zero-order valence-corrected chi connectivity index (χ0v) is 15.6. The molecule has 0 bridgehead atoms. The molecule has 3 rings (SSSR count). The monoisotopic (exact) mass is 388 g/mol. The van der Waals surface area contributed by atoms with Crippen LogP contribution in [0.3, 0.4) is 0 Å². The van der Waals surface area contributed by atoms with Crippen LogP contribution >= 0.6 is 36.4 Å². The van der Waals surface area contributed by atoms with Gasteiger partial charge in [-0.3, -0.25) is 0 Å². The Morgan fingerprint density at radius 2 is 1.96 bits per heavy atom. The van der Waals surface area contributed by atoms with Crippen molar-refractivity contribution in [2.24, 2.45) is 0 Å². The number of hydrogen-bond donors (Lipinski definition) is 3. The quantitative estimate of drug-likeness (QED) is 0.694. The van der Waals surface area contributed by atoms with E-state index in [1.54, 1.807) is 0 Å². The maximum absolute atomic E-state index is 10.3. The fourth-order valence-electron chi connectivity index (χ4n) is 3.06. The molecule has 0 spiro atoms. The van der Waals surface area contributed by atoms with Crippen LogP contribution in [0.4, 0.5) is 5.69 Å². The first-order valence-corrected chi connectivity index (χ1v) is 8.04. The van der Waals surface area contributed by atoms with E-state index in [1.165, 1.54) is 11.1 Å². The van der Waals surface area contributed by atoms with E-state index in [4.69, 9.17) is 17.3 Å². The first kappa shape index (κ1) is 21.1. The number of nitrogen functional groups attached to an aromatic ring is 1. The van der Waals surface area contributed by atoms with Crippen LogP contribution < -0.4 is 11.1 Å². The average molecular weight is 390 g/mol. The Labute approximate surface area is 160 Å². The van der Waals surface area contributed by atoms with Gasteiger partial charge < -0.3 is 16.2 Å². The van der Waals surface area contributed by atoms with Crippen molar-refractivity contribution in [2.75, 3.05) is 12.3 Å². The van der Waals surface area contributed by atoms with Crippen LogP contribution in [0.25, 0.3) is 0 Å². The molecule has 0 aliphatic heterocycles. The zero-order valence-electron chi connectivity index (χ0n) is 13.2. The summed E-state index contributed by atoms with van der Waals surface area (Å²) in [4.78, 5) is 0. The summed E-state index contributed by atoms with van der Waals surface area (Å²) < 4.78 is 0. The van der Waals surface area contributed by atoms with Crippen LogP contribution in [-0.4, -0.2) is 17.7 Å². The number of nitrogens with one attached hydrogen (secondary N) is 1. The van der Waals surface area contributed by atoms with Crippen LogP contribution in [0, 0.1) is 0 Å². The Hall–Kier alpha value is -0.970. The molecule has 4 N–H and O–H groups in total. The molecule has 1 aliphatic rings. The minimum absolute atomic E-state index is 0. The SMILES string of the molecule is Cl.Cl.Nc1ccc2c(c1)C[C@@H](NC[C@H](O)c1cccc(Cl)c1)CC2. The summed E-state index contributed by atoms with van der Waals surface area (Å²) in [5.41, 5.74) is 10.2. The molecule has 2 aromatic carbocycles. The highest BCUT2D eigenvalue weighted by molar-refractivity contribution is 6.30. The van der Waals surface area contributed by atoms with Crippen molar-refractivity contribution in [1.82, 2.24) is 5.32 Å². The second-order valence-electron chi connectivity index (χ2n) is 5.95. The fraction of sp³-hybridized carbons (Fsp3) is 0.333. The fourth-order valence-corrected chi connectivity index (χ4v) is 3.26. The van der Waals surface area contributed by atoms with Crippen LogP contribution in [0.5, 0.6) is 0 Å². The van der Waals surface area contributed by atoms with Gasteiger partial charge in [0.05, 0.1) is 6.10 Å². The summed E-state index contributed by atoms with van der Waals surface area (Å²) >= 11 is 5.97. The molecule has 0 aromatic heterocycles. The molecule has 0 heterocycles. The molecule has 2 atom stereocenters. The van der Waals surface area contributed by atoms with Gasteiger partial charge in [-0.15, -0.1) is 24.8 Å². The summed E-state index contributed by atoms with van der Waals surface area (Å²) in [5, 5.41) is 14.4. The van der Waals surface area contributed by atoms with Crippen molar-refractivity contribution in [3.63, 3.8) is 0 Å². The van der Waals surface area contributed by atoms with Crippen molar-refractivity contribution in [3.8, 4) is 0 Å². The van der Waals surface area contributed by atoms with Gasteiger partial charge in [-0.1, -0.05) is 29.8 Å². The smallest absolute Gasteiger partial charge is 0.0914 e. The van der Waals surface area contributed by atoms with Gasteiger partial charge in [-0.05, 0) is 60.2 Å². The number of fused-ring (bicyclic) bond motifs is 1. The summed E-state index contributed by atoms with van der Waals surface area (Å²) in [7, 11) is 0. The lowest BCUT2D eigenvalue weighted by molar-refractivity contribution is 0.168. The maximum atomic E-state index is 10.3. The average Bonchev–Trinajstić information content (AvgIpc) is 2.52. The number of nitrogens with two attached hydrogens (primary N) is 1. The van der Waals surface area contributed by atoms with Crippen molar-refractivity contribution >= 4 is 42.1 Å². The lowest BCUT2D eigenvalue weighted by atomic mass is 9.88. The van der Waals surface area contributed by atoms with Gasteiger partial charge in [-0.2, -0.15) is 0 Å². The summed E-state index contributed by atoms with van der Waals surface area (Å²) in [5.74, 6) is 0. The van der Waals surface area contributed by atoms with E-state index in [0.717, 1.165) is 30.5 Å². The van der Waals surface area contributed by atoms with E-state index < -0.39 is 6.10 Å². The number of aryl methyl sites for hydroxylation is 1. The number of rotatable bonds is 4. The Bertz CT molecular complexity index is 666. The van der Waals surface area contributed by atoms with Crippen LogP contribution in [0.2, 0.25) is 5.02 Å². The topological polar surface area (TPSA) is 58.3 Å². The van der Waals surface area contributed by atoms with Gasteiger partial charge in [0.2, 0.25) is 0 Å². The van der Waals surface area contributed by atoms with Gasteiger partial charge in [0.25, 0.3) is 0 Å². The normalized spacial score (nSPS) is 17.2. The lowest BCUT2D eigenvalue weighted by Crippen LogP contribution is -2.37. The predicted molar refractivity (Wildman–Crippen MR) is 106 cm³/mol. The molecular formula is C18H23Cl3N2O. The standard InChI is InChI=1S/C18H21ClN2O.2ClH/c19-15-3-1-2-13(8-15)18(22)11-21-17-7-5-12-4-6-16(20)9-14(12)10-17;;/h1-4,6,8-9,17-18,21-22H,5,7,10-11,20H2;2*1H/t17-,18-;;/m0../s1.